The van der Waals surface area contributed by atoms with Crippen molar-refractivity contribution in [3.8, 4) is 11.4 Å². The molecule has 0 saturated heterocycles. The molecular weight excluding hydrogens is 432 g/mol. The third-order valence-electron chi connectivity index (χ3n) is 6.05. The largest absolute Gasteiger partial charge is 0.308 e. The molecule has 6 nitrogen and oxygen atoms in total. The molecule has 2 aromatic heterocycles. The van der Waals surface area contributed by atoms with Gasteiger partial charge in [0.1, 0.15) is 4.53 Å². The maximum absolute atomic E-state index is 13.3. The number of para-hydroxylation sites is 1. The number of hydrogen-bond acceptors (Lipinski definition) is 5. The Hall–Kier alpha value is -3.32. The zero-order valence-corrected chi connectivity index (χ0v) is 20.1. The molecule has 33 heavy (non-hydrogen) atoms. The molecule has 0 atom stereocenters. The molecule has 1 aliphatic rings. The van der Waals surface area contributed by atoms with Gasteiger partial charge < -0.3 is 4.90 Å². The molecule has 3 heterocycles. The second kappa shape index (κ2) is 7.92. The molecule has 0 N–H and O–H groups in total. The summed E-state index contributed by atoms with van der Waals surface area (Å²) in [5, 5.41) is 4.48. The van der Waals surface area contributed by atoms with E-state index < -0.39 is 0 Å². The van der Waals surface area contributed by atoms with Crippen LogP contribution in [0.25, 0.3) is 21.9 Å². The van der Waals surface area contributed by atoms with Gasteiger partial charge in [0.15, 0.2) is 5.82 Å². The van der Waals surface area contributed by atoms with Crippen molar-refractivity contribution in [1.29, 1.82) is 0 Å². The second-order valence-corrected chi connectivity index (χ2v) is 10.4. The third-order valence-corrected chi connectivity index (χ3v) is 7.08. The Kier molecular flexibility index (Phi) is 5.16. The molecule has 0 saturated carbocycles. The van der Waals surface area contributed by atoms with Gasteiger partial charge in [0, 0.05) is 17.7 Å². The minimum Gasteiger partial charge on any atom is -0.308 e. The van der Waals surface area contributed by atoms with Crippen LogP contribution in [0.2, 0.25) is 0 Å². The van der Waals surface area contributed by atoms with E-state index in [4.69, 9.17) is 0 Å². The average molecular weight is 459 g/mol. The van der Waals surface area contributed by atoms with E-state index in [2.05, 4.69) is 49.9 Å². The smallest absolute Gasteiger partial charge is 0.291 e. The molecule has 0 radical (unpaired) electrons. The Morgan fingerprint density at radius 3 is 2.39 bits per heavy atom. The maximum atomic E-state index is 13.3. The summed E-state index contributed by atoms with van der Waals surface area (Å²) in [5.41, 5.74) is 3.98. The van der Waals surface area contributed by atoms with Crippen LogP contribution in [0.1, 0.15) is 51.7 Å². The van der Waals surface area contributed by atoms with Crippen molar-refractivity contribution in [3.05, 3.63) is 74.5 Å². The minimum atomic E-state index is -0.296. The molecule has 7 heteroatoms. The van der Waals surface area contributed by atoms with Gasteiger partial charge in [-0.3, -0.25) is 9.59 Å². The lowest BCUT2D eigenvalue weighted by Gasteiger charge is -2.18. The first-order valence-corrected chi connectivity index (χ1v) is 12.1. The fraction of sp³-hybridized carbons (Fsp3) is 0.308. The summed E-state index contributed by atoms with van der Waals surface area (Å²) >= 11 is 1.23. The van der Waals surface area contributed by atoms with Crippen LogP contribution in [0.15, 0.2) is 53.3 Å². The van der Waals surface area contributed by atoms with Crippen molar-refractivity contribution >= 4 is 33.5 Å². The Balaban J connectivity index is 1.61. The number of anilines is 1. The quantitative estimate of drug-likeness (QED) is 0.460. The predicted octanol–water partition coefficient (Wildman–Crippen LogP) is 4.18. The van der Waals surface area contributed by atoms with E-state index in [0.29, 0.717) is 27.4 Å². The van der Waals surface area contributed by atoms with Crippen molar-refractivity contribution < 1.29 is 4.79 Å². The van der Waals surface area contributed by atoms with Crippen LogP contribution in [0.3, 0.4) is 0 Å². The summed E-state index contributed by atoms with van der Waals surface area (Å²) in [7, 11) is 0. The number of fused-ring (bicyclic) bond motifs is 2. The first-order chi connectivity index (χ1) is 15.8. The second-order valence-electron chi connectivity index (χ2n) is 9.40. The van der Waals surface area contributed by atoms with Gasteiger partial charge in [0.05, 0.1) is 11.3 Å². The monoisotopic (exact) mass is 458 g/mol. The van der Waals surface area contributed by atoms with Gasteiger partial charge in [-0.1, -0.05) is 87.9 Å². The number of benzene rings is 2. The van der Waals surface area contributed by atoms with E-state index in [9.17, 15) is 9.59 Å². The number of carbonyl (C=O) groups is 1. The molecule has 4 aromatic rings. The highest BCUT2D eigenvalue weighted by Gasteiger charge is 2.33. The highest BCUT2D eigenvalue weighted by Crippen LogP contribution is 2.35. The lowest BCUT2D eigenvalue weighted by atomic mass is 9.87. The van der Waals surface area contributed by atoms with Crippen molar-refractivity contribution in [2.45, 2.75) is 46.0 Å². The topological polar surface area (TPSA) is 67.6 Å². The first kappa shape index (κ1) is 21.5. The maximum Gasteiger partial charge on any atom is 0.291 e. The predicted molar refractivity (Wildman–Crippen MR) is 133 cm³/mol. The molecule has 2 aromatic carbocycles. The summed E-state index contributed by atoms with van der Waals surface area (Å²) in [6.45, 7) is 9.24. The highest BCUT2D eigenvalue weighted by molar-refractivity contribution is 7.15. The molecule has 0 unspecified atom stereocenters. The Morgan fingerprint density at radius 2 is 1.73 bits per heavy atom. The van der Waals surface area contributed by atoms with Crippen molar-refractivity contribution in [1.82, 2.24) is 14.6 Å². The van der Waals surface area contributed by atoms with E-state index in [1.165, 1.54) is 21.4 Å². The molecular formula is C26H26N4O2S. The van der Waals surface area contributed by atoms with E-state index in [-0.39, 0.29) is 16.9 Å². The van der Waals surface area contributed by atoms with E-state index >= 15 is 0 Å². The zero-order chi connectivity index (χ0) is 23.3. The molecule has 1 aliphatic heterocycles. The van der Waals surface area contributed by atoms with Crippen molar-refractivity contribution in [2.75, 3.05) is 11.4 Å². The summed E-state index contributed by atoms with van der Waals surface area (Å²) in [4.78, 5) is 33.5. The number of rotatable bonds is 4. The number of hydrogen-bond donors (Lipinski definition) is 0. The van der Waals surface area contributed by atoms with Crippen LogP contribution >= 0.6 is 11.3 Å². The molecule has 1 amide bonds. The van der Waals surface area contributed by atoms with Crippen LogP contribution in [0.5, 0.6) is 0 Å². The number of unbranched alkanes of at least 4 members (excludes halogenated alkanes) is 1. The fourth-order valence-electron chi connectivity index (χ4n) is 4.16. The molecule has 0 fully saturated rings. The molecule has 5 rings (SSSR count). The Bertz CT molecular complexity index is 1480. The van der Waals surface area contributed by atoms with Crippen LogP contribution in [-0.4, -0.2) is 27.0 Å². The van der Waals surface area contributed by atoms with Gasteiger partial charge in [0.25, 0.3) is 11.5 Å². The van der Waals surface area contributed by atoms with Gasteiger partial charge in [-0.05, 0) is 23.5 Å². The minimum absolute atomic E-state index is 0.0595. The lowest BCUT2D eigenvalue weighted by Crippen LogP contribution is -2.33. The Labute approximate surface area is 196 Å². The number of aromatic nitrogens is 3. The van der Waals surface area contributed by atoms with Crippen LogP contribution < -0.4 is 15.0 Å². The van der Waals surface area contributed by atoms with E-state index in [1.54, 1.807) is 4.90 Å². The van der Waals surface area contributed by atoms with Crippen LogP contribution in [0.4, 0.5) is 5.69 Å². The van der Waals surface area contributed by atoms with E-state index in [0.717, 1.165) is 29.7 Å². The summed E-state index contributed by atoms with van der Waals surface area (Å²) in [5.74, 6) is 0.391. The fourth-order valence-corrected chi connectivity index (χ4v) is 5.16. The number of nitrogens with zero attached hydrogens (tertiary/aromatic N) is 4. The molecule has 0 spiro atoms. The lowest BCUT2D eigenvalue weighted by molar-refractivity contribution is -0.113. The third kappa shape index (κ3) is 3.56. The summed E-state index contributed by atoms with van der Waals surface area (Å²) in [6, 6.07) is 15.8. The van der Waals surface area contributed by atoms with Gasteiger partial charge in [-0.2, -0.15) is 9.50 Å². The van der Waals surface area contributed by atoms with Gasteiger partial charge in [0.2, 0.25) is 4.96 Å². The van der Waals surface area contributed by atoms with Crippen LogP contribution in [-0.2, 0) is 10.2 Å². The molecule has 168 valence electrons. The van der Waals surface area contributed by atoms with Gasteiger partial charge in [-0.25, -0.2) is 0 Å². The van der Waals surface area contributed by atoms with Gasteiger partial charge in [-0.15, -0.1) is 5.10 Å². The Morgan fingerprint density at radius 1 is 1.00 bits per heavy atom. The summed E-state index contributed by atoms with van der Waals surface area (Å²) in [6.07, 6.45) is 1.90. The normalized spacial score (nSPS) is 15.5. The molecule has 0 aliphatic carbocycles. The standard InChI is InChI=1S/C26H26N4O2S/c1-5-6-15-29-19-10-8-7-9-18(19)20(23(29)31)21-24(32)30-25(33-21)27-22(28-30)16-11-13-17(14-12-16)26(2,3)4/h7-14H,5-6,15H2,1-4H3. The number of carbonyl (C=O) groups excluding carboxylic acids is 1. The number of amides is 1. The van der Waals surface area contributed by atoms with Gasteiger partial charge >= 0.3 is 0 Å². The van der Waals surface area contributed by atoms with Crippen molar-refractivity contribution in [2.24, 2.45) is 0 Å². The van der Waals surface area contributed by atoms with Crippen molar-refractivity contribution in [3.63, 3.8) is 0 Å². The first-order valence-electron chi connectivity index (χ1n) is 11.3. The zero-order valence-electron chi connectivity index (χ0n) is 19.3. The highest BCUT2D eigenvalue weighted by atomic mass is 32.1. The summed E-state index contributed by atoms with van der Waals surface area (Å²) < 4.78 is 1.72. The number of thiazole rings is 1. The van der Waals surface area contributed by atoms with Crippen LogP contribution in [0, 0.1) is 0 Å². The SMILES string of the molecule is CCCCN1C(=O)C(=c2sc3nc(-c4ccc(C(C)(C)C)cc4)nn3c2=O)c2ccccc21. The molecule has 0 bridgehead atoms. The average Bonchev–Trinajstić information content (AvgIpc) is 3.42. The van der Waals surface area contributed by atoms with E-state index in [1.807, 2.05) is 36.4 Å².